The number of amides is 1. The number of aromatic nitrogens is 2. The van der Waals surface area contributed by atoms with E-state index in [9.17, 15) is 4.79 Å². The van der Waals surface area contributed by atoms with Crippen LogP contribution in [0.1, 0.15) is 19.3 Å². The molecule has 2 aromatic carbocycles. The number of fused-ring (bicyclic) bond motifs is 1. The summed E-state index contributed by atoms with van der Waals surface area (Å²) in [6.45, 7) is 2.22. The van der Waals surface area contributed by atoms with E-state index >= 15 is 0 Å². The molecule has 0 saturated carbocycles. The van der Waals surface area contributed by atoms with E-state index in [0.29, 0.717) is 13.0 Å². The summed E-state index contributed by atoms with van der Waals surface area (Å²) in [6, 6.07) is 14.8. The average molecular weight is 466 g/mol. The van der Waals surface area contributed by atoms with Crippen molar-refractivity contribution in [3.63, 3.8) is 0 Å². The van der Waals surface area contributed by atoms with E-state index in [1.54, 1.807) is 29.9 Å². The van der Waals surface area contributed by atoms with Crippen molar-refractivity contribution in [2.24, 2.45) is 5.73 Å². The number of rotatable bonds is 5. The fourth-order valence-corrected chi connectivity index (χ4v) is 6.39. The summed E-state index contributed by atoms with van der Waals surface area (Å²) in [5.74, 6) is 1.14. The van der Waals surface area contributed by atoms with Gasteiger partial charge in [0.05, 0.1) is 11.6 Å². The highest BCUT2D eigenvalue weighted by atomic mass is 32.2. The van der Waals surface area contributed by atoms with Gasteiger partial charge in [0.15, 0.2) is 0 Å². The summed E-state index contributed by atoms with van der Waals surface area (Å²) >= 11 is 3.51. The summed E-state index contributed by atoms with van der Waals surface area (Å²) in [4.78, 5) is 29.5. The molecule has 3 heterocycles. The number of likely N-dealkylation sites (tertiary alicyclic amines) is 1. The summed E-state index contributed by atoms with van der Waals surface area (Å²) < 4.78 is 0. The lowest BCUT2D eigenvalue weighted by Crippen LogP contribution is -2.51. The zero-order valence-corrected chi connectivity index (χ0v) is 19.7. The molecule has 32 heavy (non-hydrogen) atoms. The van der Waals surface area contributed by atoms with Crippen LogP contribution in [0.2, 0.25) is 0 Å². The van der Waals surface area contributed by atoms with Crippen LogP contribution in [0, 0.1) is 0 Å². The van der Waals surface area contributed by atoms with Crippen molar-refractivity contribution < 1.29 is 4.79 Å². The van der Waals surface area contributed by atoms with Crippen molar-refractivity contribution in [2.45, 2.75) is 46.0 Å². The molecule has 2 aliphatic heterocycles. The molecule has 2 saturated heterocycles. The Morgan fingerprint density at radius 3 is 2.72 bits per heavy atom. The number of carbonyl (C=O) groups excluding carboxylic acids is 1. The Balaban J connectivity index is 1.40. The van der Waals surface area contributed by atoms with Crippen LogP contribution in [-0.4, -0.2) is 58.7 Å². The lowest BCUT2D eigenvalue weighted by atomic mass is 10.1. The van der Waals surface area contributed by atoms with E-state index in [4.69, 9.17) is 5.73 Å². The predicted octanol–water partition coefficient (Wildman–Crippen LogP) is 4.03. The highest BCUT2D eigenvalue weighted by Gasteiger charge is 2.38. The zero-order chi connectivity index (χ0) is 22.1. The SMILES string of the molecule is CSc1ccccc1Sc1ccc2c(N3C[C@@H](N)[C@@H](N4CCCCC4=O)C3)ncnc2c1. The lowest BCUT2D eigenvalue weighted by Gasteiger charge is -2.34. The Hall–Kier alpha value is -2.29. The van der Waals surface area contributed by atoms with Gasteiger partial charge in [0, 0.05) is 52.2 Å². The first-order valence-electron chi connectivity index (χ1n) is 11.0. The summed E-state index contributed by atoms with van der Waals surface area (Å²) in [7, 11) is 0. The van der Waals surface area contributed by atoms with E-state index in [0.717, 1.165) is 47.5 Å². The molecule has 2 aliphatic rings. The summed E-state index contributed by atoms with van der Waals surface area (Å²) in [5, 5.41) is 1.02. The zero-order valence-electron chi connectivity index (χ0n) is 18.1. The molecule has 0 spiro atoms. The van der Waals surface area contributed by atoms with E-state index in [-0.39, 0.29) is 18.0 Å². The van der Waals surface area contributed by atoms with Gasteiger partial charge in [0.1, 0.15) is 12.1 Å². The molecule has 0 aliphatic carbocycles. The molecule has 0 unspecified atom stereocenters. The van der Waals surface area contributed by atoms with Crippen LogP contribution in [0.3, 0.4) is 0 Å². The Bertz CT molecular complexity index is 1140. The van der Waals surface area contributed by atoms with Crippen LogP contribution >= 0.6 is 23.5 Å². The Morgan fingerprint density at radius 2 is 1.91 bits per heavy atom. The number of nitrogens with zero attached hydrogens (tertiary/aromatic N) is 4. The maximum Gasteiger partial charge on any atom is 0.222 e. The van der Waals surface area contributed by atoms with Crippen molar-refractivity contribution in [3.05, 3.63) is 48.8 Å². The molecule has 3 aromatic rings. The second-order valence-corrected chi connectivity index (χ2v) is 10.3. The molecule has 8 heteroatoms. The number of hydrogen-bond donors (Lipinski definition) is 1. The minimum atomic E-state index is -0.0695. The van der Waals surface area contributed by atoms with Gasteiger partial charge in [0.25, 0.3) is 0 Å². The van der Waals surface area contributed by atoms with Gasteiger partial charge in [-0.25, -0.2) is 9.97 Å². The number of anilines is 1. The minimum Gasteiger partial charge on any atom is -0.352 e. The van der Waals surface area contributed by atoms with Crippen LogP contribution in [0.5, 0.6) is 0 Å². The molecule has 166 valence electrons. The number of nitrogens with two attached hydrogens (primary N) is 1. The molecule has 1 amide bonds. The molecule has 0 radical (unpaired) electrons. The molecule has 2 N–H and O–H groups in total. The minimum absolute atomic E-state index is 0.0469. The molecular weight excluding hydrogens is 438 g/mol. The normalized spacial score (nSPS) is 21.5. The Labute approximate surface area is 197 Å². The smallest absolute Gasteiger partial charge is 0.222 e. The second-order valence-electron chi connectivity index (χ2n) is 8.31. The van der Waals surface area contributed by atoms with Crippen LogP contribution in [0.15, 0.2) is 63.5 Å². The van der Waals surface area contributed by atoms with Crippen LogP contribution < -0.4 is 10.6 Å². The third kappa shape index (κ3) is 4.19. The standard InChI is InChI=1S/C24H27N5OS2/c1-31-21-6-2-3-7-22(21)32-16-9-10-17-19(12-16)26-15-27-24(17)28-13-18(25)20(14-28)29-11-5-4-8-23(29)30/h2-3,6-7,9-10,12,15,18,20H,4-5,8,11,13-14,25H2,1H3/t18-,20+/m1/s1. The number of thioether (sulfide) groups is 1. The van der Waals surface area contributed by atoms with E-state index < -0.39 is 0 Å². The maximum absolute atomic E-state index is 12.4. The third-order valence-corrected chi connectivity index (χ3v) is 8.27. The molecular formula is C24H27N5OS2. The van der Waals surface area contributed by atoms with Crippen LogP contribution in [0.25, 0.3) is 10.9 Å². The highest BCUT2D eigenvalue weighted by Crippen LogP contribution is 2.37. The van der Waals surface area contributed by atoms with Gasteiger partial charge < -0.3 is 15.5 Å². The second kappa shape index (κ2) is 9.29. The first-order valence-corrected chi connectivity index (χ1v) is 13.0. The monoisotopic (exact) mass is 465 g/mol. The molecule has 1 aromatic heterocycles. The predicted molar refractivity (Wildman–Crippen MR) is 131 cm³/mol. The Morgan fingerprint density at radius 1 is 1.06 bits per heavy atom. The fourth-order valence-electron chi connectivity index (χ4n) is 4.66. The third-order valence-electron chi connectivity index (χ3n) is 6.28. The molecule has 0 bridgehead atoms. The number of carbonyl (C=O) groups is 1. The van der Waals surface area contributed by atoms with Gasteiger partial charge >= 0.3 is 0 Å². The van der Waals surface area contributed by atoms with Gasteiger partial charge in [-0.2, -0.15) is 0 Å². The quantitative estimate of drug-likeness (QED) is 0.570. The first-order chi connectivity index (χ1) is 15.6. The number of hydrogen-bond acceptors (Lipinski definition) is 7. The molecule has 6 nitrogen and oxygen atoms in total. The van der Waals surface area contributed by atoms with E-state index in [1.165, 1.54) is 9.79 Å². The first kappa shape index (κ1) is 21.6. The van der Waals surface area contributed by atoms with Gasteiger partial charge in [-0.05, 0) is 49.4 Å². The molecule has 5 rings (SSSR count). The van der Waals surface area contributed by atoms with Crippen molar-refractivity contribution in [3.8, 4) is 0 Å². The van der Waals surface area contributed by atoms with Gasteiger partial charge in [0.2, 0.25) is 5.91 Å². The van der Waals surface area contributed by atoms with Gasteiger partial charge in [-0.3, -0.25) is 4.79 Å². The van der Waals surface area contributed by atoms with Gasteiger partial charge in [-0.15, -0.1) is 11.8 Å². The van der Waals surface area contributed by atoms with Gasteiger partial charge in [-0.1, -0.05) is 23.9 Å². The number of piperidine rings is 1. The summed E-state index contributed by atoms with van der Waals surface area (Å²) in [5.41, 5.74) is 7.42. The molecule has 2 atom stereocenters. The van der Waals surface area contributed by atoms with Crippen molar-refractivity contribution in [1.29, 1.82) is 0 Å². The maximum atomic E-state index is 12.4. The van der Waals surface area contributed by atoms with Crippen molar-refractivity contribution >= 4 is 46.2 Å². The average Bonchev–Trinajstić information content (AvgIpc) is 3.20. The summed E-state index contributed by atoms with van der Waals surface area (Å²) in [6.07, 6.45) is 6.42. The number of benzene rings is 2. The highest BCUT2D eigenvalue weighted by molar-refractivity contribution is 8.02. The van der Waals surface area contributed by atoms with Crippen molar-refractivity contribution in [1.82, 2.24) is 14.9 Å². The topological polar surface area (TPSA) is 75.3 Å². The van der Waals surface area contributed by atoms with E-state index in [2.05, 4.69) is 63.6 Å². The molecule has 2 fully saturated rings. The van der Waals surface area contributed by atoms with Crippen LogP contribution in [-0.2, 0) is 4.79 Å². The Kier molecular flexibility index (Phi) is 6.26. The van der Waals surface area contributed by atoms with E-state index in [1.807, 2.05) is 4.90 Å². The lowest BCUT2D eigenvalue weighted by molar-refractivity contribution is -0.135. The fraction of sp³-hybridized carbons (Fsp3) is 0.375. The van der Waals surface area contributed by atoms with Crippen molar-refractivity contribution in [2.75, 3.05) is 30.8 Å². The van der Waals surface area contributed by atoms with Crippen LogP contribution in [0.4, 0.5) is 5.82 Å². The largest absolute Gasteiger partial charge is 0.352 e.